The normalized spacial score (nSPS) is 22.2. The van der Waals surface area contributed by atoms with Gasteiger partial charge in [0, 0.05) is 13.2 Å². The van der Waals surface area contributed by atoms with E-state index in [-0.39, 0.29) is 18.1 Å². The lowest BCUT2D eigenvalue weighted by atomic mass is 10.1. The van der Waals surface area contributed by atoms with Crippen molar-refractivity contribution in [2.75, 3.05) is 13.2 Å². The largest absolute Gasteiger partial charge is 0.377 e. The lowest BCUT2D eigenvalue weighted by Crippen LogP contribution is -2.44. The molecule has 16 heavy (non-hydrogen) atoms. The summed E-state index contributed by atoms with van der Waals surface area (Å²) in [7, 11) is 0. The van der Waals surface area contributed by atoms with Crippen LogP contribution in [0.5, 0.6) is 0 Å². The number of hydrogen-bond acceptors (Lipinski definition) is 3. The SMILES string of the molecule is CCCCCC(NCC1CCCO1)C(N)=O. The standard InChI is InChI=1S/C12H24N2O2/c1-2-3-4-7-11(12(13)15)14-9-10-6-5-8-16-10/h10-11,14H,2-9H2,1H3,(H2,13,15). The molecule has 0 aromatic carbocycles. The van der Waals surface area contributed by atoms with E-state index in [9.17, 15) is 4.79 Å². The molecule has 1 saturated heterocycles. The highest BCUT2D eigenvalue weighted by atomic mass is 16.5. The molecular formula is C12H24N2O2. The first-order valence-electron chi connectivity index (χ1n) is 6.38. The average molecular weight is 228 g/mol. The molecule has 1 aliphatic heterocycles. The molecule has 0 saturated carbocycles. The van der Waals surface area contributed by atoms with Crippen molar-refractivity contribution < 1.29 is 9.53 Å². The fourth-order valence-corrected chi connectivity index (χ4v) is 2.02. The van der Waals surface area contributed by atoms with E-state index in [2.05, 4.69) is 12.2 Å². The molecule has 4 heteroatoms. The highest BCUT2D eigenvalue weighted by Crippen LogP contribution is 2.11. The van der Waals surface area contributed by atoms with Crippen molar-refractivity contribution in [2.45, 2.75) is 57.6 Å². The third kappa shape index (κ3) is 4.94. The second-order valence-corrected chi connectivity index (χ2v) is 4.49. The number of amides is 1. The van der Waals surface area contributed by atoms with Gasteiger partial charge in [-0.25, -0.2) is 0 Å². The van der Waals surface area contributed by atoms with Crippen LogP contribution in [0.4, 0.5) is 0 Å². The Hall–Kier alpha value is -0.610. The Bertz CT molecular complexity index is 203. The fourth-order valence-electron chi connectivity index (χ4n) is 2.02. The summed E-state index contributed by atoms with van der Waals surface area (Å²) >= 11 is 0. The van der Waals surface area contributed by atoms with Crippen molar-refractivity contribution in [2.24, 2.45) is 5.73 Å². The molecule has 1 amide bonds. The molecule has 0 spiro atoms. The summed E-state index contributed by atoms with van der Waals surface area (Å²) < 4.78 is 5.49. The molecule has 1 rings (SSSR count). The topological polar surface area (TPSA) is 64.3 Å². The van der Waals surface area contributed by atoms with Crippen molar-refractivity contribution in [3.05, 3.63) is 0 Å². The van der Waals surface area contributed by atoms with Crippen molar-refractivity contribution in [1.82, 2.24) is 5.32 Å². The van der Waals surface area contributed by atoms with Crippen LogP contribution in [0.15, 0.2) is 0 Å². The van der Waals surface area contributed by atoms with Crippen LogP contribution in [0, 0.1) is 0 Å². The van der Waals surface area contributed by atoms with Crippen LogP contribution in [0.1, 0.15) is 45.4 Å². The number of carbonyl (C=O) groups is 1. The number of unbranched alkanes of at least 4 members (excludes halogenated alkanes) is 2. The summed E-state index contributed by atoms with van der Waals surface area (Å²) in [5, 5.41) is 3.22. The predicted molar refractivity (Wildman–Crippen MR) is 64.1 cm³/mol. The second-order valence-electron chi connectivity index (χ2n) is 4.49. The van der Waals surface area contributed by atoms with Crippen LogP contribution in [-0.4, -0.2) is 31.2 Å². The van der Waals surface area contributed by atoms with E-state index in [4.69, 9.17) is 10.5 Å². The van der Waals surface area contributed by atoms with E-state index in [0.29, 0.717) is 0 Å². The van der Waals surface area contributed by atoms with Crippen LogP contribution in [0.3, 0.4) is 0 Å². The summed E-state index contributed by atoms with van der Waals surface area (Å²) in [6.07, 6.45) is 6.71. The molecule has 1 aliphatic rings. The van der Waals surface area contributed by atoms with E-state index in [1.54, 1.807) is 0 Å². The maximum absolute atomic E-state index is 11.2. The summed E-state index contributed by atoms with van der Waals surface area (Å²) in [6, 6.07) is -0.184. The summed E-state index contributed by atoms with van der Waals surface area (Å²) in [6.45, 7) is 3.75. The molecule has 4 nitrogen and oxygen atoms in total. The van der Waals surface area contributed by atoms with Gasteiger partial charge in [0.15, 0.2) is 0 Å². The Kier molecular flexibility index (Phi) is 6.42. The number of primary amides is 1. The number of ether oxygens (including phenoxy) is 1. The number of nitrogens with one attached hydrogen (secondary N) is 1. The number of hydrogen-bond donors (Lipinski definition) is 2. The van der Waals surface area contributed by atoms with E-state index in [0.717, 1.165) is 51.7 Å². The van der Waals surface area contributed by atoms with Gasteiger partial charge >= 0.3 is 0 Å². The van der Waals surface area contributed by atoms with Crippen LogP contribution in [0.2, 0.25) is 0 Å². The highest BCUT2D eigenvalue weighted by molar-refractivity contribution is 5.79. The number of rotatable bonds is 8. The van der Waals surface area contributed by atoms with Gasteiger partial charge in [-0.05, 0) is 19.3 Å². The number of nitrogens with two attached hydrogens (primary N) is 1. The molecule has 1 fully saturated rings. The molecule has 0 aliphatic carbocycles. The van der Waals surface area contributed by atoms with E-state index in [1.807, 2.05) is 0 Å². The Balaban J connectivity index is 2.18. The average Bonchev–Trinajstić information content (AvgIpc) is 2.75. The van der Waals surface area contributed by atoms with Crippen LogP contribution < -0.4 is 11.1 Å². The van der Waals surface area contributed by atoms with E-state index >= 15 is 0 Å². The zero-order valence-electron chi connectivity index (χ0n) is 10.2. The molecule has 0 aromatic heterocycles. The molecule has 2 unspecified atom stereocenters. The first kappa shape index (κ1) is 13.5. The maximum atomic E-state index is 11.2. The quantitative estimate of drug-likeness (QED) is 0.613. The third-order valence-electron chi connectivity index (χ3n) is 3.06. The van der Waals surface area contributed by atoms with Gasteiger partial charge in [-0.15, -0.1) is 0 Å². The van der Waals surface area contributed by atoms with Gasteiger partial charge in [0.1, 0.15) is 0 Å². The Morgan fingerprint density at radius 3 is 2.94 bits per heavy atom. The van der Waals surface area contributed by atoms with Gasteiger partial charge < -0.3 is 15.8 Å². The Labute approximate surface area is 97.9 Å². The molecular weight excluding hydrogens is 204 g/mol. The first-order chi connectivity index (χ1) is 7.74. The van der Waals surface area contributed by atoms with Gasteiger partial charge in [0.05, 0.1) is 12.1 Å². The zero-order chi connectivity index (χ0) is 11.8. The fraction of sp³-hybridized carbons (Fsp3) is 0.917. The monoisotopic (exact) mass is 228 g/mol. The Morgan fingerprint density at radius 1 is 1.56 bits per heavy atom. The van der Waals surface area contributed by atoms with Gasteiger partial charge in [0.25, 0.3) is 0 Å². The van der Waals surface area contributed by atoms with Gasteiger partial charge in [0.2, 0.25) is 5.91 Å². The smallest absolute Gasteiger partial charge is 0.234 e. The lowest BCUT2D eigenvalue weighted by molar-refractivity contribution is -0.120. The van der Waals surface area contributed by atoms with Crippen LogP contribution in [-0.2, 0) is 9.53 Å². The molecule has 2 atom stereocenters. The molecule has 0 aromatic rings. The highest BCUT2D eigenvalue weighted by Gasteiger charge is 2.19. The lowest BCUT2D eigenvalue weighted by Gasteiger charge is -2.17. The minimum atomic E-state index is -0.242. The zero-order valence-corrected chi connectivity index (χ0v) is 10.2. The molecule has 3 N–H and O–H groups in total. The number of carbonyl (C=O) groups excluding carboxylic acids is 1. The van der Waals surface area contributed by atoms with Crippen molar-refractivity contribution in [3.8, 4) is 0 Å². The van der Waals surface area contributed by atoms with Gasteiger partial charge in [-0.1, -0.05) is 26.2 Å². The molecule has 1 heterocycles. The summed E-state index contributed by atoms with van der Waals surface area (Å²) in [5.41, 5.74) is 5.36. The van der Waals surface area contributed by atoms with Gasteiger partial charge in [-0.2, -0.15) is 0 Å². The Morgan fingerprint density at radius 2 is 2.38 bits per heavy atom. The maximum Gasteiger partial charge on any atom is 0.234 e. The second kappa shape index (κ2) is 7.63. The summed E-state index contributed by atoms with van der Waals surface area (Å²) in [4.78, 5) is 11.2. The summed E-state index contributed by atoms with van der Waals surface area (Å²) in [5.74, 6) is -0.242. The first-order valence-corrected chi connectivity index (χ1v) is 6.38. The van der Waals surface area contributed by atoms with Crippen LogP contribution in [0.25, 0.3) is 0 Å². The van der Waals surface area contributed by atoms with Crippen molar-refractivity contribution in [3.63, 3.8) is 0 Å². The minimum absolute atomic E-state index is 0.184. The van der Waals surface area contributed by atoms with Gasteiger partial charge in [-0.3, -0.25) is 4.79 Å². The molecule has 0 radical (unpaired) electrons. The third-order valence-corrected chi connectivity index (χ3v) is 3.06. The van der Waals surface area contributed by atoms with E-state index in [1.165, 1.54) is 0 Å². The van der Waals surface area contributed by atoms with Crippen molar-refractivity contribution in [1.29, 1.82) is 0 Å². The molecule has 0 bridgehead atoms. The van der Waals surface area contributed by atoms with E-state index < -0.39 is 0 Å². The minimum Gasteiger partial charge on any atom is -0.377 e. The van der Waals surface area contributed by atoms with Crippen LogP contribution >= 0.6 is 0 Å². The molecule has 94 valence electrons. The predicted octanol–water partition coefficient (Wildman–Crippen LogP) is 1.19. The van der Waals surface area contributed by atoms with Crippen molar-refractivity contribution >= 4 is 5.91 Å².